The Bertz CT molecular complexity index is 902. The Morgan fingerprint density at radius 1 is 1.37 bits per heavy atom. The molecular weight excluding hydrogens is 439 g/mol. The molecule has 11 heteroatoms. The quantitative estimate of drug-likeness (QED) is 0.385. The van der Waals surface area contributed by atoms with Gasteiger partial charge in [0, 0.05) is 23.0 Å². The molecule has 2 N–H and O–H groups in total. The van der Waals surface area contributed by atoms with Crippen molar-refractivity contribution in [1.29, 1.82) is 0 Å². The number of halogens is 2. The number of aliphatic carboxylic acids is 2. The standard InChI is InChI=1S/C17H16Cl2N2O3.C2H2O4/c1-2-7-22-9-14-10-23-17(24-14,11-21-6-5-20-12-21)15-4-3-13(18)8-16(15)19;3-1(4)2(5)6/h1,3-6,8,12,14H,7,9-11H2;(H,3,4)(H,5,6). The van der Waals surface area contributed by atoms with E-state index >= 15 is 0 Å². The maximum Gasteiger partial charge on any atom is 0.414 e. The van der Waals surface area contributed by atoms with Crippen molar-refractivity contribution in [3.8, 4) is 12.3 Å². The average molecular weight is 457 g/mol. The normalized spacial score (nSPS) is 20.1. The fraction of sp³-hybridized carbons (Fsp3) is 0.316. The van der Waals surface area contributed by atoms with E-state index in [1.165, 1.54) is 0 Å². The molecule has 0 aliphatic carbocycles. The Labute approximate surface area is 182 Å². The van der Waals surface area contributed by atoms with Gasteiger partial charge in [-0.3, -0.25) is 0 Å². The maximum atomic E-state index is 9.10. The van der Waals surface area contributed by atoms with E-state index in [0.29, 0.717) is 35.4 Å². The summed E-state index contributed by atoms with van der Waals surface area (Å²) in [5.41, 5.74) is 0.710. The summed E-state index contributed by atoms with van der Waals surface area (Å²) >= 11 is 12.4. The first kappa shape index (κ1) is 23.7. The third-order valence-electron chi connectivity index (χ3n) is 3.82. The SMILES string of the molecule is C#CCOCC1COC(Cn2ccnc2)(c2ccc(Cl)cc2Cl)O1.O=C(O)C(=O)O. The number of carboxylic acids is 2. The van der Waals surface area contributed by atoms with Gasteiger partial charge in [0.2, 0.25) is 5.79 Å². The Morgan fingerprint density at radius 3 is 2.67 bits per heavy atom. The summed E-state index contributed by atoms with van der Waals surface area (Å²) in [7, 11) is 0. The lowest BCUT2D eigenvalue weighted by Crippen LogP contribution is -2.34. The van der Waals surface area contributed by atoms with Crippen LogP contribution in [0.25, 0.3) is 0 Å². The summed E-state index contributed by atoms with van der Waals surface area (Å²) in [5.74, 6) is -2.25. The smallest absolute Gasteiger partial charge is 0.414 e. The average Bonchev–Trinajstić information content (AvgIpc) is 3.33. The summed E-state index contributed by atoms with van der Waals surface area (Å²) in [4.78, 5) is 22.3. The highest BCUT2D eigenvalue weighted by Gasteiger charge is 2.45. The Hall–Kier alpha value is -2.61. The van der Waals surface area contributed by atoms with Crippen LogP contribution in [0.4, 0.5) is 0 Å². The largest absolute Gasteiger partial charge is 0.473 e. The van der Waals surface area contributed by atoms with Gasteiger partial charge in [-0.1, -0.05) is 35.2 Å². The van der Waals surface area contributed by atoms with Gasteiger partial charge in [-0.2, -0.15) is 0 Å². The summed E-state index contributed by atoms with van der Waals surface area (Å²) in [6, 6.07) is 5.24. The number of ether oxygens (including phenoxy) is 3. The summed E-state index contributed by atoms with van der Waals surface area (Å²) in [6.07, 6.45) is 10.2. The molecule has 3 rings (SSSR count). The van der Waals surface area contributed by atoms with Crippen LogP contribution in [0.15, 0.2) is 36.9 Å². The van der Waals surface area contributed by atoms with Gasteiger partial charge in [0.15, 0.2) is 0 Å². The second-order valence-electron chi connectivity index (χ2n) is 5.99. The predicted octanol–water partition coefficient (Wildman–Crippen LogP) is 2.26. The van der Waals surface area contributed by atoms with E-state index in [2.05, 4.69) is 10.9 Å². The number of hydrogen-bond donors (Lipinski definition) is 2. The first-order valence-electron chi connectivity index (χ1n) is 8.48. The van der Waals surface area contributed by atoms with Crippen molar-refractivity contribution < 1.29 is 34.0 Å². The molecule has 2 unspecified atom stereocenters. The van der Waals surface area contributed by atoms with Crippen LogP contribution in [0.3, 0.4) is 0 Å². The van der Waals surface area contributed by atoms with Crippen LogP contribution in [0, 0.1) is 12.3 Å². The molecule has 2 atom stereocenters. The Kier molecular flexibility index (Phi) is 8.65. The van der Waals surface area contributed by atoms with Crippen LogP contribution in [0.1, 0.15) is 5.56 Å². The van der Waals surface area contributed by atoms with Gasteiger partial charge in [0.05, 0.1) is 31.1 Å². The van der Waals surface area contributed by atoms with Crippen molar-refractivity contribution in [2.45, 2.75) is 18.4 Å². The number of imidazole rings is 1. The number of carboxylic acid groups (broad SMARTS) is 2. The Balaban J connectivity index is 0.000000469. The van der Waals surface area contributed by atoms with E-state index in [1.54, 1.807) is 24.7 Å². The van der Waals surface area contributed by atoms with Crippen LogP contribution in [0.2, 0.25) is 10.0 Å². The van der Waals surface area contributed by atoms with Crippen molar-refractivity contribution >= 4 is 35.1 Å². The second-order valence-corrected chi connectivity index (χ2v) is 6.84. The maximum absolute atomic E-state index is 9.10. The van der Waals surface area contributed by atoms with Crippen LogP contribution < -0.4 is 0 Å². The van der Waals surface area contributed by atoms with E-state index in [9.17, 15) is 0 Å². The minimum Gasteiger partial charge on any atom is -0.473 e. The van der Waals surface area contributed by atoms with E-state index in [-0.39, 0.29) is 12.7 Å². The fourth-order valence-corrected chi connectivity index (χ4v) is 3.18. The zero-order valence-corrected chi connectivity index (χ0v) is 17.0. The van der Waals surface area contributed by atoms with Crippen LogP contribution in [-0.4, -0.2) is 57.6 Å². The molecule has 1 aromatic heterocycles. The van der Waals surface area contributed by atoms with Gasteiger partial charge in [0.25, 0.3) is 0 Å². The monoisotopic (exact) mass is 456 g/mol. The predicted molar refractivity (Wildman–Crippen MR) is 106 cm³/mol. The molecule has 1 aliphatic heterocycles. The molecule has 1 aliphatic rings. The molecule has 2 heterocycles. The van der Waals surface area contributed by atoms with Crippen molar-refractivity contribution in [2.75, 3.05) is 19.8 Å². The molecule has 0 radical (unpaired) electrons. The van der Waals surface area contributed by atoms with Crippen LogP contribution in [-0.2, 0) is 36.1 Å². The third kappa shape index (κ3) is 6.45. The number of rotatable bonds is 6. The number of aromatic nitrogens is 2. The van der Waals surface area contributed by atoms with Gasteiger partial charge >= 0.3 is 11.9 Å². The zero-order chi connectivity index (χ0) is 22.1. The third-order valence-corrected chi connectivity index (χ3v) is 4.37. The number of terminal acetylenes is 1. The molecule has 160 valence electrons. The lowest BCUT2D eigenvalue weighted by molar-refractivity contribution is -0.191. The van der Waals surface area contributed by atoms with Gasteiger partial charge in [0.1, 0.15) is 12.7 Å². The lowest BCUT2D eigenvalue weighted by atomic mass is 10.1. The molecule has 1 saturated heterocycles. The second kappa shape index (κ2) is 11.0. The highest BCUT2D eigenvalue weighted by molar-refractivity contribution is 6.35. The zero-order valence-electron chi connectivity index (χ0n) is 15.5. The molecule has 9 nitrogen and oxygen atoms in total. The summed E-state index contributed by atoms with van der Waals surface area (Å²) in [5, 5.41) is 15.8. The van der Waals surface area contributed by atoms with E-state index in [1.807, 2.05) is 16.8 Å². The van der Waals surface area contributed by atoms with E-state index in [4.69, 9.17) is 63.6 Å². The van der Waals surface area contributed by atoms with Crippen molar-refractivity contribution in [3.63, 3.8) is 0 Å². The summed E-state index contributed by atoms with van der Waals surface area (Å²) < 4.78 is 19.5. The van der Waals surface area contributed by atoms with Gasteiger partial charge in [-0.25, -0.2) is 14.6 Å². The molecule has 0 saturated carbocycles. The van der Waals surface area contributed by atoms with E-state index in [0.717, 1.165) is 0 Å². The first-order valence-corrected chi connectivity index (χ1v) is 9.23. The molecule has 1 fully saturated rings. The molecule has 1 aromatic carbocycles. The number of carbonyl (C=O) groups is 2. The first-order chi connectivity index (χ1) is 14.3. The van der Waals surface area contributed by atoms with Gasteiger partial charge in [-0.05, 0) is 12.1 Å². The molecule has 0 bridgehead atoms. The van der Waals surface area contributed by atoms with Crippen LogP contribution in [0.5, 0.6) is 0 Å². The minimum atomic E-state index is -1.82. The minimum absolute atomic E-state index is 0.232. The van der Waals surface area contributed by atoms with Gasteiger partial charge < -0.3 is 29.0 Å². The molecular formula is C19H18Cl2N2O7. The van der Waals surface area contributed by atoms with Crippen molar-refractivity contribution in [3.05, 3.63) is 52.5 Å². The highest BCUT2D eigenvalue weighted by atomic mass is 35.5. The number of hydrogen-bond acceptors (Lipinski definition) is 6. The highest BCUT2D eigenvalue weighted by Crippen LogP contribution is 2.40. The molecule has 30 heavy (non-hydrogen) atoms. The number of benzene rings is 1. The Morgan fingerprint density at radius 2 is 2.10 bits per heavy atom. The molecule has 0 amide bonds. The van der Waals surface area contributed by atoms with Gasteiger partial charge in [-0.15, -0.1) is 6.42 Å². The molecule has 0 spiro atoms. The molecule has 2 aromatic rings. The topological polar surface area (TPSA) is 120 Å². The fourth-order valence-electron chi connectivity index (χ4n) is 2.62. The van der Waals surface area contributed by atoms with E-state index < -0.39 is 17.7 Å². The lowest BCUT2D eigenvalue weighted by Gasteiger charge is -2.29. The van der Waals surface area contributed by atoms with Crippen molar-refractivity contribution in [1.82, 2.24) is 9.55 Å². The van der Waals surface area contributed by atoms with Crippen LogP contribution >= 0.6 is 23.2 Å². The van der Waals surface area contributed by atoms with Crippen molar-refractivity contribution in [2.24, 2.45) is 0 Å². The number of nitrogens with zero attached hydrogens (tertiary/aromatic N) is 2. The summed E-state index contributed by atoms with van der Waals surface area (Å²) in [6.45, 7) is 1.36.